The van der Waals surface area contributed by atoms with E-state index in [0.29, 0.717) is 38.4 Å². The molecule has 25 heteroatoms. The Morgan fingerprint density at radius 1 is 0.808 bits per heavy atom. The third kappa shape index (κ3) is 14.9. The molecule has 1 saturated heterocycles. The molecule has 1 aliphatic rings. The summed E-state index contributed by atoms with van der Waals surface area (Å²) in [7, 11) is -6.88. The average molecular weight is 783 g/mol. The van der Waals surface area contributed by atoms with Gasteiger partial charge in [-0.2, -0.15) is 0 Å². The number of rotatable bonds is 20. The van der Waals surface area contributed by atoms with Gasteiger partial charge >= 0.3 is 40.7 Å². The van der Waals surface area contributed by atoms with Crippen molar-refractivity contribution in [1.29, 1.82) is 0 Å². The van der Waals surface area contributed by atoms with Crippen LogP contribution < -0.4 is 21.5 Å². The van der Waals surface area contributed by atoms with Gasteiger partial charge < -0.3 is 50.3 Å². The van der Waals surface area contributed by atoms with Gasteiger partial charge in [-0.25, -0.2) is 4.98 Å². The van der Waals surface area contributed by atoms with E-state index in [9.17, 15) is 49.0 Å². The Labute approximate surface area is 298 Å². The normalized spacial score (nSPS) is 18.0. The number of hydrogen-bond acceptors (Lipinski definition) is 18. The number of aliphatic hydroxyl groups is 1. The van der Waals surface area contributed by atoms with Gasteiger partial charge in [0.15, 0.2) is 0 Å². The molecule has 52 heavy (non-hydrogen) atoms. The van der Waals surface area contributed by atoms with Gasteiger partial charge in [0.05, 0.1) is 31.7 Å². The minimum absolute atomic E-state index is 0.0628. The highest BCUT2D eigenvalue weighted by atomic mass is 31.2. The van der Waals surface area contributed by atoms with Crippen LogP contribution in [0, 0.1) is 0 Å². The second-order valence-corrected chi connectivity index (χ2v) is 13.2. The first kappa shape index (κ1) is 43.0. The summed E-state index contributed by atoms with van der Waals surface area (Å²) in [5.41, 5.74) is -0.886. The number of carboxylic acids is 3. The number of hydrogen-bond donors (Lipinski definition) is 9. The summed E-state index contributed by atoms with van der Waals surface area (Å²) in [4.78, 5) is 97.4. The van der Waals surface area contributed by atoms with E-state index in [0.717, 1.165) is 0 Å². The predicted molar refractivity (Wildman–Crippen MR) is 183 cm³/mol. The first-order valence-corrected chi connectivity index (χ1v) is 18.3. The molecule has 23 nitrogen and oxygen atoms in total. The van der Waals surface area contributed by atoms with E-state index in [-0.39, 0.29) is 76.7 Å². The Kier molecular flexibility index (Phi) is 17.1. The van der Waals surface area contributed by atoms with Gasteiger partial charge in [-0.1, -0.05) is 0 Å². The molecule has 1 aliphatic heterocycles. The highest BCUT2D eigenvalue weighted by Crippen LogP contribution is 2.37. The summed E-state index contributed by atoms with van der Waals surface area (Å²) >= 11 is 0. The van der Waals surface area contributed by atoms with Crippen LogP contribution in [0.15, 0.2) is 22.1 Å². The average Bonchev–Trinajstić information content (AvgIpc) is 3.47. The molecule has 9 N–H and O–H groups in total. The van der Waals surface area contributed by atoms with Gasteiger partial charge in [-0.05, 0) is 0 Å². The van der Waals surface area contributed by atoms with E-state index in [1.54, 1.807) is 14.7 Å². The van der Waals surface area contributed by atoms with Crippen molar-refractivity contribution < 1.29 is 63.1 Å². The molecule has 2 heterocycles. The third-order valence-corrected chi connectivity index (χ3v) is 8.81. The zero-order valence-corrected chi connectivity index (χ0v) is 29.9. The highest BCUT2D eigenvalue weighted by molar-refractivity contribution is 7.39. The molecule has 0 amide bonds. The van der Waals surface area contributed by atoms with Crippen LogP contribution in [0.5, 0.6) is 0 Å². The van der Waals surface area contributed by atoms with Crippen molar-refractivity contribution in [2.45, 2.75) is 18.9 Å². The molecule has 2 aromatic rings. The quantitative estimate of drug-likeness (QED) is 0.0354. The fraction of sp³-hybridized carbons (Fsp3) is 0.630. The molecule has 0 radical (unpaired) electrons. The van der Waals surface area contributed by atoms with Crippen LogP contribution >= 0.6 is 16.9 Å². The Hall–Kier alpha value is -3.44. The van der Waals surface area contributed by atoms with Crippen LogP contribution in [0.2, 0.25) is 0 Å². The SMILES string of the molecule is O=C(O)CN1CCN(CCNc2c(NCCc3cn(CC(O)(OP(O)O)O[PH](=O)O)cn3)c(=O)c2=O)CCN(CC(=O)O)CCN(CC(=O)O)CC1. The molecule has 0 spiro atoms. The Morgan fingerprint density at radius 2 is 1.25 bits per heavy atom. The van der Waals surface area contributed by atoms with Crippen LogP contribution in [0.25, 0.3) is 0 Å². The number of nitrogens with one attached hydrogen (secondary N) is 2. The lowest BCUT2D eigenvalue weighted by Crippen LogP contribution is -2.49. The van der Waals surface area contributed by atoms with Gasteiger partial charge in [0.25, 0.3) is 10.9 Å². The number of carbonyl (C=O) groups is 3. The lowest BCUT2D eigenvalue weighted by molar-refractivity contribution is -0.283. The van der Waals surface area contributed by atoms with Crippen molar-refractivity contribution in [2.75, 3.05) is 102 Å². The zero-order valence-electron chi connectivity index (χ0n) is 28.0. The lowest BCUT2D eigenvalue weighted by atomic mass is 10.2. The minimum Gasteiger partial charge on any atom is -0.480 e. The van der Waals surface area contributed by atoms with Gasteiger partial charge in [0, 0.05) is 84.6 Å². The Bertz CT molecular complexity index is 1560. The van der Waals surface area contributed by atoms with E-state index >= 15 is 0 Å². The van der Waals surface area contributed by atoms with E-state index in [4.69, 9.17) is 14.7 Å². The largest absolute Gasteiger partial charge is 0.480 e. The van der Waals surface area contributed by atoms with Gasteiger partial charge in [0.1, 0.15) is 17.9 Å². The number of aromatic nitrogens is 2. The smallest absolute Gasteiger partial charge is 0.331 e. The first-order valence-electron chi connectivity index (χ1n) is 15.9. The van der Waals surface area contributed by atoms with Crippen molar-refractivity contribution >= 4 is 46.1 Å². The second kappa shape index (κ2) is 20.7. The summed E-state index contributed by atoms with van der Waals surface area (Å²) in [6, 6.07) is 0. The number of imidazole rings is 1. The van der Waals surface area contributed by atoms with Crippen LogP contribution in [0.1, 0.15) is 5.69 Å². The highest BCUT2D eigenvalue weighted by Gasteiger charge is 2.35. The number of nitrogens with zero attached hydrogens (tertiary/aromatic N) is 6. The van der Waals surface area contributed by atoms with Crippen molar-refractivity contribution in [1.82, 2.24) is 29.2 Å². The monoisotopic (exact) mass is 782 g/mol. The van der Waals surface area contributed by atoms with E-state index in [2.05, 4.69) is 24.7 Å². The molecule has 0 saturated carbocycles. The van der Waals surface area contributed by atoms with Gasteiger partial charge in [0.2, 0.25) is 0 Å². The Balaban J connectivity index is 1.59. The summed E-state index contributed by atoms with van der Waals surface area (Å²) < 4.78 is 21.1. The van der Waals surface area contributed by atoms with Crippen LogP contribution in [-0.2, 0) is 41.0 Å². The van der Waals surface area contributed by atoms with Crippen molar-refractivity contribution in [2.24, 2.45) is 0 Å². The zero-order chi connectivity index (χ0) is 38.4. The first-order chi connectivity index (χ1) is 24.5. The van der Waals surface area contributed by atoms with Crippen LogP contribution in [0.4, 0.5) is 11.4 Å². The molecule has 0 bridgehead atoms. The molecule has 292 valence electrons. The molecular formula is C27H44N8O15P2. The standard InChI is InChI=1S/C27H44N8O15P2/c36-20(37)14-32-7-5-31(6-8-33(15-21(38)39)10-12-34(11-9-32)16-22(40)41)4-3-29-24-23(25(42)26(24)43)28-2-1-19-13-35(18-30-19)17-27(44,49-51(45)46)50-52(47)48/h13,18,28-29,44-46,52H,1-12,14-17H2,(H,36,37)(H,38,39)(H,40,41)(H,47,48). The van der Waals surface area contributed by atoms with Crippen molar-refractivity contribution in [3.8, 4) is 0 Å². The van der Waals surface area contributed by atoms with Crippen LogP contribution in [-0.4, -0.2) is 180 Å². The molecule has 1 fully saturated rings. The molecule has 2 atom stereocenters. The summed E-state index contributed by atoms with van der Waals surface area (Å²) in [6.45, 7) is 1.75. The van der Waals surface area contributed by atoms with E-state index < -0.39 is 58.1 Å². The van der Waals surface area contributed by atoms with E-state index in [1.807, 2.05) is 4.90 Å². The summed E-state index contributed by atoms with van der Waals surface area (Å²) in [5, 5.41) is 44.2. The molecule has 1 aromatic carbocycles. The molecule has 1 aromatic heterocycles. The van der Waals surface area contributed by atoms with Gasteiger partial charge in [-0.3, -0.25) is 57.2 Å². The number of aliphatic carboxylic acids is 3. The van der Waals surface area contributed by atoms with Crippen molar-refractivity contribution in [3.63, 3.8) is 0 Å². The molecule has 0 aliphatic carbocycles. The fourth-order valence-corrected chi connectivity index (χ4v) is 6.23. The molecular weight excluding hydrogens is 738 g/mol. The summed E-state index contributed by atoms with van der Waals surface area (Å²) in [6.07, 6.45) is 2.84. The third-order valence-electron chi connectivity index (χ3n) is 7.87. The minimum atomic E-state index is -3.73. The number of anilines is 2. The fourth-order valence-electron chi connectivity index (χ4n) is 5.43. The molecule has 2 unspecified atom stereocenters. The van der Waals surface area contributed by atoms with E-state index in [1.165, 1.54) is 17.1 Å². The maximum Gasteiger partial charge on any atom is 0.331 e. The maximum absolute atomic E-state index is 12.4. The topological polar surface area (TPSA) is 317 Å². The van der Waals surface area contributed by atoms with Gasteiger partial charge in [-0.15, -0.1) is 0 Å². The van der Waals surface area contributed by atoms with Crippen molar-refractivity contribution in [3.05, 3.63) is 38.7 Å². The maximum atomic E-state index is 12.4. The predicted octanol–water partition coefficient (Wildman–Crippen LogP) is -3.71. The molecule has 3 rings (SSSR count). The van der Waals surface area contributed by atoms with Crippen LogP contribution in [0.3, 0.4) is 0 Å². The lowest BCUT2D eigenvalue weighted by Gasteiger charge is -2.33. The number of carboxylic acid groups (broad SMARTS) is 3. The Morgan fingerprint density at radius 3 is 1.67 bits per heavy atom. The second-order valence-electron chi connectivity index (χ2n) is 11.8. The summed E-state index contributed by atoms with van der Waals surface area (Å²) in [5.74, 6) is -5.96.